The number of carbonyl (C=O) groups excluding carboxylic acids is 1. The number of amides is 1. The molecule has 1 aliphatic rings. The van der Waals surface area contributed by atoms with E-state index in [0.29, 0.717) is 9.21 Å². The molecule has 0 aliphatic carbocycles. The lowest BCUT2D eigenvalue weighted by molar-refractivity contribution is -0.118. The van der Waals surface area contributed by atoms with E-state index in [1.54, 1.807) is 24.3 Å². The Kier molecular flexibility index (Phi) is 6.98. The van der Waals surface area contributed by atoms with Crippen LogP contribution < -0.4 is 9.62 Å². The fraction of sp³-hybridized carbons (Fsp3) is 0.350. The molecule has 10 heteroatoms. The summed E-state index contributed by atoms with van der Waals surface area (Å²) in [5.41, 5.74) is 0.948. The number of sulfonamides is 1. The molecule has 1 saturated heterocycles. The number of hydrogen-bond acceptors (Lipinski definition) is 5. The zero-order valence-electron chi connectivity index (χ0n) is 16.8. The van der Waals surface area contributed by atoms with Crippen molar-refractivity contribution in [2.75, 3.05) is 25.5 Å². The minimum Gasteiger partial charge on any atom is -0.308 e. The molecule has 0 saturated carbocycles. The van der Waals surface area contributed by atoms with Crippen LogP contribution in [0.25, 0.3) is 6.08 Å². The standard InChI is InChI=1S/C20H23ClFN3O3S2/c1-13(24(2)3)14-4-6-18(16(22)12-14)25-10-8-17(20(25)26)23-30(27,28)11-9-15-5-7-19(21)29-15/h4-7,9,11-13,17,23H,8,10H2,1-3H3/b11-9+/t13-,17?/m0/s1. The Labute approximate surface area is 185 Å². The highest BCUT2D eigenvalue weighted by Crippen LogP contribution is 2.29. The first kappa shape index (κ1) is 22.9. The fourth-order valence-corrected chi connectivity index (χ4v) is 5.21. The number of nitrogens with zero attached hydrogens (tertiary/aromatic N) is 2. The number of benzene rings is 1. The third-order valence-corrected chi connectivity index (χ3v) is 7.34. The van der Waals surface area contributed by atoms with Gasteiger partial charge in [0.2, 0.25) is 15.9 Å². The summed E-state index contributed by atoms with van der Waals surface area (Å²) in [6, 6.07) is 7.22. The maximum atomic E-state index is 14.7. The van der Waals surface area contributed by atoms with Gasteiger partial charge >= 0.3 is 0 Å². The molecule has 6 nitrogen and oxygen atoms in total. The van der Waals surface area contributed by atoms with Crippen LogP contribution in [0.4, 0.5) is 10.1 Å². The van der Waals surface area contributed by atoms with Crippen LogP contribution in [0.2, 0.25) is 4.34 Å². The first-order chi connectivity index (χ1) is 14.1. The Morgan fingerprint density at radius 3 is 2.67 bits per heavy atom. The molecule has 1 aromatic carbocycles. The number of nitrogens with one attached hydrogen (secondary N) is 1. The number of halogens is 2. The van der Waals surface area contributed by atoms with Crippen LogP contribution in [0.3, 0.4) is 0 Å². The van der Waals surface area contributed by atoms with Gasteiger partial charge < -0.3 is 9.80 Å². The van der Waals surface area contributed by atoms with Gasteiger partial charge in [-0.3, -0.25) is 4.79 Å². The third-order valence-electron chi connectivity index (χ3n) is 5.04. The zero-order valence-corrected chi connectivity index (χ0v) is 19.2. The van der Waals surface area contributed by atoms with Crippen LogP contribution in [0.5, 0.6) is 0 Å². The predicted molar refractivity (Wildman–Crippen MR) is 120 cm³/mol. The van der Waals surface area contributed by atoms with Crippen LogP contribution in [-0.2, 0) is 14.8 Å². The van der Waals surface area contributed by atoms with Crippen LogP contribution in [0.1, 0.15) is 29.8 Å². The monoisotopic (exact) mass is 471 g/mol. The molecule has 2 aromatic rings. The number of carbonyl (C=O) groups is 1. The second kappa shape index (κ2) is 9.15. The molecule has 1 aliphatic heterocycles. The Morgan fingerprint density at radius 1 is 1.33 bits per heavy atom. The van der Waals surface area contributed by atoms with E-state index in [1.165, 1.54) is 28.4 Å². The van der Waals surface area contributed by atoms with E-state index in [1.807, 2.05) is 25.9 Å². The first-order valence-electron chi connectivity index (χ1n) is 9.30. The molecule has 30 heavy (non-hydrogen) atoms. The van der Waals surface area contributed by atoms with E-state index in [-0.39, 0.29) is 24.7 Å². The topological polar surface area (TPSA) is 69.7 Å². The lowest BCUT2D eigenvalue weighted by Crippen LogP contribution is -2.40. The van der Waals surface area contributed by atoms with E-state index in [9.17, 15) is 17.6 Å². The Bertz CT molecular complexity index is 1070. The summed E-state index contributed by atoms with van der Waals surface area (Å²) in [7, 11) is -0.0409. The molecule has 0 radical (unpaired) electrons. The van der Waals surface area contributed by atoms with Crippen LogP contribution in [0.15, 0.2) is 35.7 Å². The van der Waals surface area contributed by atoms with Crippen molar-refractivity contribution in [3.8, 4) is 0 Å². The minimum absolute atomic E-state index is 0.0207. The molecule has 0 bridgehead atoms. The van der Waals surface area contributed by atoms with Gasteiger partial charge in [0.25, 0.3) is 0 Å². The summed E-state index contributed by atoms with van der Waals surface area (Å²) >= 11 is 7.08. The maximum Gasteiger partial charge on any atom is 0.245 e. The fourth-order valence-electron chi connectivity index (χ4n) is 3.14. The number of rotatable bonds is 7. The van der Waals surface area contributed by atoms with Gasteiger partial charge in [-0.15, -0.1) is 11.3 Å². The molecule has 0 spiro atoms. The average Bonchev–Trinajstić information content (AvgIpc) is 3.25. The SMILES string of the molecule is C[C@@H](c1ccc(N2CCC(NS(=O)(=O)/C=C/c3ccc(Cl)s3)C2=O)c(F)c1)N(C)C. The quantitative estimate of drug-likeness (QED) is 0.665. The molecule has 1 fully saturated rings. The van der Waals surface area contributed by atoms with E-state index in [0.717, 1.165) is 11.0 Å². The van der Waals surface area contributed by atoms with Gasteiger partial charge in [0, 0.05) is 22.9 Å². The maximum absolute atomic E-state index is 14.7. The van der Waals surface area contributed by atoms with Gasteiger partial charge in [-0.1, -0.05) is 17.7 Å². The van der Waals surface area contributed by atoms with E-state index in [4.69, 9.17) is 11.6 Å². The molecule has 1 N–H and O–H groups in total. The van der Waals surface area contributed by atoms with Gasteiger partial charge in [-0.2, -0.15) is 4.72 Å². The van der Waals surface area contributed by atoms with E-state index in [2.05, 4.69) is 4.72 Å². The predicted octanol–water partition coefficient (Wildman–Crippen LogP) is 3.86. The molecule has 1 amide bonds. The summed E-state index contributed by atoms with van der Waals surface area (Å²) in [5, 5.41) is 1.00. The highest BCUT2D eigenvalue weighted by atomic mass is 35.5. The molecule has 162 valence electrons. The van der Waals surface area contributed by atoms with Crippen molar-refractivity contribution < 1.29 is 17.6 Å². The lowest BCUT2D eigenvalue weighted by atomic mass is 10.1. The summed E-state index contributed by atoms with van der Waals surface area (Å²) in [6.07, 6.45) is 1.67. The largest absolute Gasteiger partial charge is 0.308 e. The van der Waals surface area contributed by atoms with Crippen LogP contribution in [-0.4, -0.2) is 45.9 Å². The first-order valence-corrected chi connectivity index (χ1v) is 12.0. The summed E-state index contributed by atoms with van der Waals surface area (Å²) in [4.78, 5) is 16.6. The van der Waals surface area contributed by atoms with Crippen molar-refractivity contribution in [2.24, 2.45) is 0 Å². The van der Waals surface area contributed by atoms with Gasteiger partial charge in [0.1, 0.15) is 11.9 Å². The highest BCUT2D eigenvalue weighted by Gasteiger charge is 2.36. The third kappa shape index (κ3) is 5.28. The molecular formula is C20H23ClFN3O3S2. The molecular weight excluding hydrogens is 449 g/mol. The van der Waals surface area contributed by atoms with Gasteiger partial charge in [0.05, 0.1) is 10.0 Å². The van der Waals surface area contributed by atoms with Crippen molar-refractivity contribution in [2.45, 2.75) is 25.4 Å². The van der Waals surface area contributed by atoms with Crippen molar-refractivity contribution in [3.63, 3.8) is 0 Å². The second-order valence-corrected chi connectivity index (χ2v) is 10.6. The van der Waals surface area contributed by atoms with Crippen LogP contribution in [0, 0.1) is 5.82 Å². The summed E-state index contributed by atoms with van der Waals surface area (Å²) < 4.78 is 42.3. The van der Waals surface area contributed by atoms with Crippen molar-refractivity contribution in [1.29, 1.82) is 0 Å². The number of hydrogen-bond donors (Lipinski definition) is 1. The Hall–Kier alpha value is -1.78. The van der Waals surface area contributed by atoms with Crippen molar-refractivity contribution >= 4 is 50.6 Å². The van der Waals surface area contributed by atoms with Crippen molar-refractivity contribution in [3.05, 3.63) is 56.3 Å². The minimum atomic E-state index is -3.84. The summed E-state index contributed by atoms with van der Waals surface area (Å²) in [5.74, 6) is -0.981. The number of thiophene rings is 1. The van der Waals surface area contributed by atoms with Crippen molar-refractivity contribution in [1.82, 2.24) is 9.62 Å². The molecule has 2 heterocycles. The van der Waals surface area contributed by atoms with E-state index < -0.39 is 27.8 Å². The lowest BCUT2D eigenvalue weighted by Gasteiger charge is -2.22. The molecule has 2 atom stereocenters. The smallest absolute Gasteiger partial charge is 0.245 e. The molecule has 3 rings (SSSR count). The van der Waals surface area contributed by atoms with Crippen LogP contribution >= 0.6 is 22.9 Å². The zero-order chi connectivity index (χ0) is 22.1. The molecule has 1 unspecified atom stereocenters. The average molecular weight is 472 g/mol. The van der Waals surface area contributed by atoms with Gasteiger partial charge in [-0.05, 0) is 63.3 Å². The number of anilines is 1. The second-order valence-electron chi connectivity index (χ2n) is 7.29. The normalized spacial score (nSPS) is 18.7. The van der Waals surface area contributed by atoms with Gasteiger partial charge in [0.15, 0.2) is 0 Å². The summed E-state index contributed by atoms with van der Waals surface area (Å²) in [6.45, 7) is 2.19. The molecule has 1 aromatic heterocycles. The Balaban J connectivity index is 1.70. The van der Waals surface area contributed by atoms with E-state index >= 15 is 0 Å². The Morgan fingerprint density at radius 2 is 2.07 bits per heavy atom. The highest BCUT2D eigenvalue weighted by molar-refractivity contribution is 7.92. The van der Waals surface area contributed by atoms with Gasteiger partial charge in [-0.25, -0.2) is 12.8 Å².